The normalized spacial score (nSPS) is 16.2. The van der Waals surface area contributed by atoms with E-state index in [1.54, 1.807) is 0 Å². The summed E-state index contributed by atoms with van der Waals surface area (Å²) in [6.45, 7) is 5.91. The molecule has 5 heteroatoms. The summed E-state index contributed by atoms with van der Waals surface area (Å²) >= 11 is 0. The number of nitrogens with zero attached hydrogens (tertiary/aromatic N) is 2. The van der Waals surface area contributed by atoms with Crippen LogP contribution >= 0.6 is 0 Å². The molecule has 1 aliphatic rings. The number of amides is 1. The first-order chi connectivity index (χ1) is 10.3. The molecule has 3 rings (SSSR count). The van der Waals surface area contributed by atoms with E-state index in [1.807, 2.05) is 42.4 Å². The second-order valence-electron chi connectivity index (χ2n) is 5.57. The minimum absolute atomic E-state index is 0.0857. The van der Waals surface area contributed by atoms with Gasteiger partial charge in [0.1, 0.15) is 0 Å². The lowest BCUT2D eigenvalue weighted by Crippen LogP contribution is -2.46. The Balaban J connectivity index is 1.64. The lowest BCUT2D eigenvalue weighted by molar-refractivity contribution is 0.0777. The van der Waals surface area contributed by atoms with E-state index in [9.17, 15) is 4.79 Å². The average Bonchev–Trinajstić information content (AvgIpc) is 2.97. The molecule has 1 saturated heterocycles. The fraction of sp³-hybridized carbons (Fsp3) is 0.438. The summed E-state index contributed by atoms with van der Waals surface area (Å²) in [7, 11) is 1.88. The molecule has 0 bridgehead atoms. The molecule has 1 aliphatic heterocycles. The van der Waals surface area contributed by atoms with Crippen molar-refractivity contribution in [3.8, 4) is 0 Å². The highest BCUT2D eigenvalue weighted by Crippen LogP contribution is 2.18. The summed E-state index contributed by atoms with van der Waals surface area (Å²) in [5, 5.41) is 4.34. The molecule has 0 atom stereocenters. The lowest BCUT2D eigenvalue weighted by Gasteiger charge is -2.29. The van der Waals surface area contributed by atoms with Crippen molar-refractivity contribution in [1.82, 2.24) is 20.1 Å². The van der Waals surface area contributed by atoms with E-state index in [0.717, 1.165) is 55.7 Å². The topological polar surface area (TPSA) is 51.4 Å². The van der Waals surface area contributed by atoms with Crippen LogP contribution in [-0.2, 0) is 0 Å². The fourth-order valence-corrected chi connectivity index (χ4v) is 2.78. The highest BCUT2D eigenvalue weighted by molar-refractivity contribution is 6.06. The maximum atomic E-state index is 12.6. The number of rotatable bonds is 4. The number of para-hydroxylation sites is 1. The molecule has 2 aromatic rings. The van der Waals surface area contributed by atoms with Crippen LogP contribution in [-0.4, -0.2) is 67.0 Å². The molecule has 2 N–H and O–H groups in total. The van der Waals surface area contributed by atoms with Gasteiger partial charge in [-0.1, -0.05) is 18.2 Å². The molecular weight excluding hydrogens is 264 g/mol. The van der Waals surface area contributed by atoms with Gasteiger partial charge in [-0.25, -0.2) is 0 Å². The highest BCUT2D eigenvalue weighted by atomic mass is 16.2. The maximum absolute atomic E-state index is 12.6. The highest BCUT2D eigenvalue weighted by Gasteiger charge is 2.17. The fourth-order valence-electron chi connectivity index (χ4n) is 2.78. The number of hydrogen-bond acceptors (Lipinski definition) is 3. The smallest absolute Gasteiger partial charge is 0.255 e. The van der Waals surface area contributed by atoms with Crippen molar-refractivity contribution in [2.75, 3.05) is 46.3 Å². The van der Waals surface area contributed by atoms with Gasteiger partial charge in [-0.15, -0.1) is 0 Å². The van der Waals surface area contributed by atoms with Crippen LogP contribution in [0.2, 0.25) is 0 Å². The number of aromatic amines is 1. The second-order valence-corrected chi connectivity index (χ2v) is 5.57. The maximum Gasteiger partial charge on any atom is 0.255 e. The largest absolute Gasteiger partial charge is 0.360 e. The Morgan fingerprint density at radius 3 is 2.86 bits per heavy atom. The summed E-state index contributed by atoms with van der Waals surface area (Å²) in [4.78, 5) is 19.9. The molecule has 5 nitrogen and oxygen atoms in total. The van der Waals surface area contributed by atoms with Gasteiger partial charge in [0, 0.05) is 63.4 Å². The molecule has 112 valence electrons. The third-order valence-electron chi connectivity index (χ3n) is 4.13. The molecule has 0 saturated carbocycles. The van der Waals surface area contributed by atoms with Gasteiger partial charge >= 0.3 is 0 Å². The van der Waals surface area contributed by atoms with Gasteiger partial charge < -0.3 is 15.2 Å². The molecule has 1 fully saturated rings. The first kappa shape index (κ1) is 14.1. The molecule has 2 heterocycles. The Morgan fingerprint density at radius 2 is 2.05 bits per heavy atom. The van der Waals surface area contributed by atoms with Crippen LogP contribution in [0.25, 0.3) is 10.9 Å². The standard InChI is InChI=1S/C16H22N4O/c1-19(10-11-20-8-6-17-7-9-20)16(21)14-12-18-15-5-3-2-4-13(14)15/h2-5,12,17-18H,6-11H2,1H3. The Kier molecular flexibility index (Phi) is 4.22. The van der Waals surface area contributed by atoms with E-state index in [1.165, 1.54) is 0 Å². The van der Waals surface area contributed by atoms with Crippen molar-refractivity contribution in [2.45, 2.75) is 0 Å². The summed E-state index contributed by atoms with van der Waals surface area (Å²) < 4.78 is 0. The van der Waals surface area contributed by atoms with E-state index in [4.69, 9.17) is 0 Å². The van der Waals surface area contributed by atoms with Crippen LogP contribution in [0, 0.1) is 0 Å². The first-order valence-corrected chi connectivity index (χ1v) is 7.50. The van der Waals surface area contributed by atoms with Gasteiger partial charge in [0.15, 0.2) is 0 Å². The molecule has 1 aromatic heterocycles. The predicted octanol–water partition coefficient (Wildman–Crippen LogP) is 1.15. The molecule has 0 spiro atoms. The number of piperazine rings is 1. The molecule has 1 amide bonds. The van der Waals surface area contributed by atoms with Gasteiger partial charge in [-0.05, 0) is 6.07 Å². The van der Waals surface area contributed by atoms with Gasteiger partial charge in [0.05, 0.1) is 5.56 Å². The van der Waals surface area contributed by atoms with Crippen LogP contribution in [0.3, 0.4) is 0 Å². The van der Waals surface area contributed by atoms with E-state index in [0.29, 0.717) is 0 Å². The van der Waals surface area contributed by atoms with E-state index in [-0.39, 0.29) is 5.91 Å². The van der Waals surface area contributed by atoms with Gasteiger partial charge in [0.25, 0.3) is 5.91 Å². The van der Waals surface area contributed by atoms with Gasteiger partial charge in [-0.2, -0.15) is 0 Å². The van der Waals surface area contributed by atoms with E-state index in [2.05, 4.69) is 15.2 Å². The first-order valence-electron chi connectivity index (χ1n) is 7.50. The quantitative estimate of drug-likeness (QED) is 0.886. The summed E-state index contributed by atoms with van der Waals surface area (Å²) in [6.07, 6.45) is 1.81. The number of likely N-dealkylation sites (N-methyl/N-ethyl adjacent to an activating group) is 1. The SMILES string of the molecule is CN(CCN1CCNCC1)C(=O)c1c[nH]c2ccccc12. The minimum Gasteiger partial charge on any atom is -0.360 e. The zero-order chi connectivity index (χ0) is 14.7. The summed E-state index contributed by atoms with van der Waals surface area (Å²) in [5.41, 5.74) is 1.77. The third-order valence-corrected chi connectivity index (χ3v) is 4.13. The lowest BCUT2D eigenvalue weighted by atomic mass is 10.1. The van der Waals surface area contributed by atoms with Crippen molar-refractivity contribution in [3.63, 3.8) is 0 Å². The van der Waals surface area contributed by atoms with Crippen LogP contribution < -0.4 is 5.32 Å². The number of benzene rings is 1. The summed E-state index contributed by atoms with van der Waals surface area (Å²) in [6, 6.07) is 7.92. The van der Waals surface area contributed by atoms with Gasteiger partial charge in [0.2, 0.25) is 0 Å². The molecule has 21 heavy (non-hydrogen) atoms. The summed E-state index contributed by atoms with van der Waals surface area (Å²) in [5.74, 6) is 0.0857. The predicted molar refractivity (Wildman–Crippen MR) is 84.6 cm³/mol. The molecular formula is C16H22N4O. The van der Waals surface area contributed by atoms with Crippen LogP contribution in [0.5, 0.6) is 0 Å². The second kappa shape index (κ2) is 6.28. The van der Waals surface area contributed by atoms with Crippen molar-refractivity contribution in [1.29, 1.82) is 0 Å². The Hall–Kier alpha value is -1.85. The molecule has 0 radical (unpaired) electrons. The van der Waals surface area contributed by atoms with Crippen LogP contribution in [0.15, 0.2) is 30.5 Å². The Morgan fingerprint density at radius 1 is 1.29 bits per heavy atom. The third kappa shape index (κ3) is 3.09. The van der Waals surface area contributed by atoms with Crippen molar-refractivity contribution in [3.05, 3.63) is 36.0 Å². The van der Waals surface area contributed by atoms with Gasteiger partial charge in [-0.3, -0.25) is 9.69 Å². The molecule has 0 aliphatic carbocycles. The van der Waals surface area contributed by atoms with Crippen molar-refractivity contribution in [2.24, 2.45) is 0 Å². The zero-order valence-electron chi connectivity index (χ0n) is 12.4. The molecule has 0 unspecified atom stereocenters. The number of aromatic nitrogens is 1. The number of hydrogen-bond donors (Lipinski definition) is 2. The monoisotopic (exact) mass is 286 g/mol. The average molecular weight is 286 g/mol. The molecule has 1 aromatic carbocycles. The number of carbonyl (C=O) groups is 1. The number of carbonyl (C=O) groups excluding carboxylic acids is 1. The number of H-pyrrole nitrogens is 1. The van der Waals surface area contributed by atoms with Crippen LogP contribution in [0.1, 0.15) is 10.4 Å². The van der Waals surface area contributed by atoms with Crippen molar-refractivity contribution >= 4 is 16.8 Å². The van der Waals surface area contributed by atoms with E-state index < -0.39 is 0 Å². The Bertz CT molecular complexity index is 616. The minimum atomic E-state index is 0.0857. The van der Waals surface area contributed by atoms with Crippen LogP contribution in [0.4, 0.5) is 0 Å². The van der Waals surface area contributed by atoms with Crippen molar-refractivity contribution < 1.29 is 4.79 Å². The zero-order valence-corrected chi connectivity index (χ0v) is 12.4. The Labute approximate surface area is 124 Å². The number of nitrogens with one attached hydrogen (secondary N) is 2. The number of fused-ring (bicyclic) bond motifs is 1. The van der Waals surface area contributed by atoms with E-state index >= 15 is 0 Å².